The van der Waals surface area contributed by atoms with Crippen LogP contribution in [0.3, 0.4) is 0 Å². The van der Waals surface area contributed by atoms with E-state index in [0.29, 0.717) is 6.61 Å². The highest BCUT2D eigenvalue weighted by molar-refractivity contribution is 5.49. The lowest BCUT2D eigenvalue weighted by Gasteiger charge is -2.18. The van der Waals surface area contributed by atoms with Crippen molar-refractivity contribution in [1.29, 1.82) is 0 Å². The Morgan fingerprint density at radius 2 is 1.71 bits per heavy atom. The summed E-state index contributed by atoms with van der Waals surface area (Å²) in [5.41, 5.74) is 9.71. The third-order valence-corrected chi connectivity index (χ3v) is 3.48. The highest BCUT2D eigenvalue weighted by Crippen LogP contribution is 2.29. The smallest absolute Gasteiger partial charge is 0.124 e. The van der Waals surface area contributed by atoms with Crippen LogP contribution in [0.15, 0.2) is 48.5 Å². The molecule has 0 saturated heterocycles. The average molecular weight is 284 g/mol. The summed E-state index contributed by atoms with van der Waals surface area (Å²) in [7, 11) is 4.06. The SMILES string of the molecule is CCCOc1ccccc1C(N)c1ccc(N(C)C)cc1. The van der Waals surface area contributed by atoms with E-state index < -0.39 is 0 Å². The summed E-state index contributed by atoms with van der Waals surface area (Å²) >= 11 is 0. The minimum atomic E-state index is -0.172. The molecule has 0 spiro atoms. The molecule has 0 saturated carbocycles. The number of rotatable bonds is 6. The van der Waals surface area contributed by atoms with Gasteiger partial charge in [0.05, 0.1) is 12.6 Å². The molecule has 3 heteroatoms. The van der Waals surface area contributed by atoms with E-state index in [4.69, 9.17) is 10.5 Å². The monoisotopic (exact) mass is 284 g/mol. The molecule has 0 bridgehead atoms. The molecule has 0 radical (unpaired) electrons. The fourth-order valence-electron chi connectivity index (χ4n) is 2.24. The minimum Gasteiger partial charge on any atom is -0.493 e. The zero-order valence-corrected chi connectivity index (χ0v) is 13.0. The van der Waals surface area contributed by atoms with Gasteiger partial charge in [0.2, 0.25) is 0 Å². The first-order chi connectivity index (χ1) is 10.1. The van der Waals surface area contributed by atoms with Crippen LogP contribution in [0.4, 0.5) is 5.69 Å². The lowest BCUT2D eigenvalue weighted by Crippen LogP contribution is -2.14. The molecule has 0 aliphatic carbocycles. The normalized spacial score (nSPS) is 12.0. The molecule has 21 heavy (non-hydrogen) atoms. The zero-order valence-electron chi connectivity index (χ0n) is 13.0. The van der Waals surface area contributed by atoms with Crippen LogP contribution in [-0.2, 0) is 0 Å². The fourth-order valence-corrected chi connectivity index (χ4v) is 2.24. The Morgan fingerprint density at radius 1 is 1.05 bits per heavy atom. The number of para-hydroxylation sites is 1. The first-order valence-electron chi connectivity index (χ1n) is 7.38. The number of benzene rings is 2. The van der Waals surface area contributed by atoms with Gasteiger partial charge in [0.15, 0.2) is 0 Å². The molecule has 0 amide bonds. The van der Waals surface area contributed by atoms with Crippen LogP contribution in [0.5, 0.6) is 5.75 Å². The van der Waals surface area contributed by atoms with Crippen molar-refractivity contribution < 1.29 is 4.74 Å². The molecule has 3 nitrogen and oxygen atoms in total. The lowest BCUT2D eigenvalue weighted by atomic mass is 9.98. The molecular formula is C18H24N2O. The largest absolute Gasteiger partial charge is 0.493 e. The van der Waals surface area contributed by atoms with Crippen LogP contribution in [-0.4, -0.2) is 20.7 Å². The Hall–Kier alpha value is -2.00. The van der Waals surface area contributed by atoms with E-state index in [0.717, 1.165) is 23.3 Å². The van der Waals surface area contributed by atoms with Crippen molar-refractivity contribution in [2.75, 3.05) is 25.6 Å². The number of anilines is 1. The van der Waals surface area contributed by atoms with Crippen molar-refractivity contribution >= 4 is 5.69 Å². The van der Waals surface area contributed by atoms with Crippen molar-refractivity contribution in [1.82, 2.24) is 0 Å². The molecule has 0 heterocycles. The number of ether oxygens (including phenoxy) is 1. The minimum absolute atomic E-state index is 0.172. The van der Waals surface area contributed by atoms with Gasteiger partial charge in [-0.1, -0.05) is 37.3 Å². The summed E-state index contributed by atoms with van der Waals surface area (Å²) < 4.78 is 5.80. The first kappa shape index (κ1) is 15.4. The summed E-state index contributed by atoms with van der Waals surface area (Å²) in [6.45, 7) is 2.81. The topological polar surface area (TPSA) is 38.5 Å². The number of hydrogen-bond acceptors (Lipinski definition) is 3. The third-order valence-electron chi connectivity index (χ3n) is 3.48. The standard InChI is InChI=1S/C18H24N2O/c1-4-13-21-17-8-6-5-7-16(17)18(19)14-9-11-15(12-10-14)20(2)3/h5-12,18H,4,13,19H2,1-3H3. The second-order valence-electron chi connectivity index (χ2n) is 5.35. The van der Waals surface area contributed by atoms with Crippen molar-refractivity contribution in [2.24, 2.45) is 5.73 Å². The van der Waals surface area contributed by atoms with Crippen molar-refractivity contribution in [3.8, 4) is 5.75 Å². The average Bonchev–Trinajstić information content (AvgIpc) is 2.52. The Labute approximate surface area is 127 Å². The van der Waals surface area contributed by atoms with Gasteiger partial charge in [-0.25, -0.2) is 0 Å². The van der Waals surface area contributed by atoms with Gasteiger partial charge in [0.1, 0.15) is 5.75 Å². The van der Waals surface area contributed by atoms with Gasteiger partial charge >= 0.3 is 0 Å². The highest BCUT2D eigenvalue weighted by Gasteiger charge is 2.14. The Morgan fingerprint density at radius 3 is 2.33 bits per heavy atom. The maximum Gasteiger partial charge on any atom is 0.124 e. The zero-order chi connectivity index (χ0) is 15.2. The van der Waals surface area contributed by atoms with E-state index in [2.05, 4.69) is 36.1 Å². The van der Waals surface area contributed by atoms with Crippen LogP contribution >= 0.6 is 0 Å². The molecule has 2 aromatic carbocycles. The summed E-state index contributed by atoms with van der Waals surface area (Å²) in [6.07, 6.45) is 0.987. The summed E-state index contributed by atoms with van der Waals surface area (Å²) in [4.78, 5) is 2.08. The molecule has 2 rings (SSSR count). The number of nitrogens with two attached hydrogens (primary N) is 1. The van der Waals surface area contributed by atoms with Crippen molar-refractivity contribution in [2.45, 2.75) is 19.4 Å². The Balaban J connectivity index is 2.24. The van der Waals surface area contributed by atoms with E-state index in [9.17, 15) is 0 Å². The summed E-state index contributed by atoms with van der Waals surface area (Å²) in [6, 6.07) is 16.2. The molecule has 2 aromatic rings. The van der Waals surface area contributed by atoms with E-state index in [1.807, 2.05) is 38.4 Å². The quantitative estimate of drug-likeness (QED) is 0.881. The van der Waals surface area contributed by atoms with Gasteiger partial charge in [0.25, 0.3) is 0 Å². The molecule has 1 unspecified atom stereocenters. The Bertz CT molecular complexity index is 564. The lowest BCUT2D eigenvalue weighted by molar-refractivity contribution is 0.313. The predicted molar refractivity (Wildman–Crippen MR) is 89.0 cm³/mol. The molecular weight excluding hydrogens is 260 g/mol. The first-order valence-corrected chi connectivity index (χ1v) is 7.38. The fraction of sp³-hybridized carbons (Fsp3) is 0.333. The van der Waals surface area contributed by atoms with E-state index in [1.165, 1.54) is 5.69 Å². The van der Waals surface area contributed by atoms with Gasteiger partial charge in [-0.2, -0.15) is 0 Å². The molecule has 0 aliphatic rings. The molecule has 0 aromatic heterocycles. The van der Waals surface area contributed by atoms with E-state index in [1.54, 1.807) is 0 Å². The highest BCUT2D eigenvalue weighted by atomic mass is 16.5. The number of hydrogen-bond donors (Lipinski definition) is 1. The van der Waals surface area contributed by atoms with Crippen LogP contribution in [0.1, 0.15) is 30.5 Å². The second kappa shape index (κ2) is 7.14. The molecule has 0 fully saturated rings. The molecule has 1 atom stereocenters. The maximum atomic E-state index is 6.42. The van der Waals surface area contributed by atoms with Crippen LogP contribution in [0.25, 0.3) is 0 Å². The van der Waals surface area contributed by atoms with Crippen LogP contribution in [0, 0.1) is 0 Å². The van der Waals surface area contributed by atoms with E-state index >= 15 is 0 Å². The summed E-state index contributed by atoms with van der Waals surface area (Å²) in [5.74, 6) is 0.878. The van der Waals surface area contributed by atoms with Crippen molar-refractivity contribution in [3.05, 3.63) is 59.7 Å². The van der Waals surface area contributed by atoms with Crippen LogP contribution in [0.2, 0.25) is 0 Å². The number of nitrogens with zero attached hydrogens (tertiary/aromatic N) is 1. The third kappa shape index (κ3) is 3.76. The van der Waals surface area contributed by atoms with Gasteiger partial charge in [-0.3, -0.25) is 0 Å². The second-order valence-corrected chi connectivity index (χ2v) is 5.35. The predicted octanol–water partition coefficient (Wildman–Crippen LogP) is 3.59. The van der Waals surface area contributed by atoms with Crippen LogP contribution < -0.4 is 15.4 Å². The van der Waals surface area contributed by atoms with Gasteiger partial charge in [-0.15, -0.1) is 0 Å². The Kier molecular flexibility index (Phi) is 5.23. The van der Waals surface area contributed by atoms with Crippen molar-refractivity contribution in [3.63, 3.8) is 0 Å². The van der Waals surface area contributed by atoms with Gasteiger partial charge in [-0.05, 0) is 30.2 Å². The van der Waals surface area contributed by atoms with Gasteiger partial charge < -0.3 is 15.4 Å². The summed E-state index contributed by atoms with van der Waals surface area (Å²) in [5, 5.41) is 0. The van der Waals surface area contributed by atoms with Gasteiger partial charge in [0, 0.05) is 25.3 Å². The molecule has 2 N–H and O–H groups in total. The molecule has 0 aliphatic heterocycles. The maximum absolute atomic E-state index is 6.42. The molecule has 112 valence electrons. The van der Waals surface area contributed by atoms with E-state index in [-0.39, 0.29) is 6.04 Å².